The fourth-order valence-electron chi connectivity index (χ4n) is 1.70. The first kappa shape index (κ1) is 14.9. The number of thiazole rings is 1. The number of rotatable bonds is 8. The van der Waals surface area contributed by atoms with Crippen LogP contribution in [0.2, 0.25) is 0 Å². The highest BCUT2D eigenvalue weighted by Gasteiger charge is 2.07. The molecule has 5 nitrogen and oxygen atoms in total. The van der Waals surface area contributed by atoms with Gasteiger partial charge in [0.1, 0.15) is 12.4 Å². The van der Waals surface area contributed by atoms with Crippen LogP contribution >= 0.6 is 11.3 Å². The van der Waals surface area contributed by atoms with E-state index in [1.54, 1.807) is 24.0 Å². The third kappa shape index (κ3) is 4.56. The van der Waals surface area contributed by atoms with Gasteiger partial charge >= 0.3 is 0 Å². The summed E-state index contributed by atoms with van der Waals surface area (Å²) >= 11 is 1.57. The highest BCUT2D eigenvalue weighted by atomic mass is 32.1. The minimum atomic E-state index is 0.472. The standard InChI is InChI=1S/C14H19N3O2S/c1-11-3-4-14(19-8-12-9-20-10-16-12)13(17-11)7-15-5-6-18-2/h3-4,9-10,15H,5-8H2,1-2H3. The lowest BCUT2D eigenvalue weighted by atomic mass is 10.3. The third-order valence-electron chi connectivity index (χ3n) is 2.71. The second-order valence-corrected chi connectivity index (χ2v) is 5.05. The summed E-state index contributed by atoms with van der Waals surface area (Å²) in [6, 6.07) is 3.91. The van der Waals surface area contributed by atoms with Crippen LogP contribution in [-0.4, -0.2) is 30.2 Å². The van der Waals surface area contributed by atoms with Crippen molar-refractivity contribution in [2.45, 2.75) is 20.1 Å². The van der Waals surface area contributed by atoms with E-state index in [0.29, 0.717) is 19.8 Å². The molecule has 2 aromatic rings. The number of aromatic nitrogens is 2. The van der Waals surface area contributed by atoms with Gasteiger partial charge in [-0.1, -0.05) is 0 Å². The van der Waals surface area contributed by atoms with Gasteiger partial charge < -0.3 is 14.8 Å². The molecule has 0 unspecified atom stereocenters. The molecular formula is C14H19N3O2S. The molecule has 0 aliphatic carbocycles. The van der Waals surface area contributed by atoms with Crippen molar-refractivity contribution in [3.63, 3.8) is 0 Å². The van der Waals surface area contributed by atoms with Crippen molar-refractivity contribution >= 4 is 11.3 Å². The molecule has 0 radical (unpaired) electrons. The minimum Gasteiger partial charge on any atom is -0.485 e. The van der Waals surface area contributed by atoms with Crippen LogP contribution in [0.5, 0.6) is 5.75 Å². The maximum atomic E-state index is 5.80. The van der Waals surface area contributed by atoms with Crippen molar-refractivity contribution in [2.75, 3.05) is 20.3 Å². The maximum absolute atomic E-state index is 5.80. The zero-order valence-corrected chi connectivity index (χ0v) is 12.6. The summed E-state index contributed by atoms with van der Waals surface area (Å²) in [4.78, 5) is 8.73. The molecule has 0 aliphatic rings. The predicted octanol–water partition coefficient (Wildman–Crippen LogP) is 2.16. The summed E-state index contributed by atoms with van der Waals surface area (Å²) in [5.41, 5.74) is 4.64. The Morgan fingerprint density at radius 2 is 2.25 bits per heavy atom. The van der Waals surface area contributed by atoms with Crippen LogP contribution in [0.3, 0.4) is 0 Å². The zero-order valence-electron chi connectivity index (χ0n) is 11.8. The molecule has 0 atom stereocenters. The molecule has 2 heterocycles. The monoisotopic (exact) mass is 293 g/mol. The van der Waals surface area contributed by atoms with Gasteiger partial charge in [0.2, 0.25) is 0 Å². The molecule has 20 heavy (non-hydrogen) atoms. The molecular weight excluding hydrogens is 274 g/mol. The molecule has 108 valence electrons. The van der Waals surface area contributed by atoms with E-state index in [0.717, 1.165) is 29.4 Å². The topological polar surface area (TPSA) is 56.3 Å². The van der Waals surface area contributed by atoms with Crippen LogP contribution in [0.4, 0.5) is 0 Å². The smallest absolute Gasteiger partial charge is 0.142 e. The van der Waals surface area contributed by atoms with Crippen LogP contribution in [0.25, 0.3) is 0 Å². The quantitative estimate of drug-likeness (QED) is 0.756. The number of ether oxygens (including phenoxy) is 2. The highest BCUT2D eigenvalue weighted by molar-refractivity contribution is 7.07. The van der Waals surface area contributed by atoms with Gasteiger partial charge in [-0.3, -0.25) is 4.98 Å². The largest absolute Gasteiger partial charge is 0.485 e. The lowest BCUT2D eigenvalue weighted by Gasteiger charge is -2.11. The SMILES string of the molecule is COCCNCc1nc(C)ccc1OCc1cscn1. The van der Waals surface area contributed by atoms with Gasteiger partial charge in [-0.05, 0) is 19.1 Å². The van der Waals surface area contributed by atoms with Gasteiger partial charge in [0, 0.05) is 31.3 Å². The van der Waals surface area contributed by atoms with Crippen molar-refractivity contribution in [2.24, 2.45) is 0 Å². The van der Waals surface area contributed by atoms with Crippen molar-refractivity contribution in [3.8, 4) is 5.75 Å². The van der Waals surface area contributed by atoms with Crippen LogP contribution < -0.4 is 10.1 Å². The van der Waals surface area contributed by atoms with Crippen LogP contribution in [-0.2, 0) is 17.9 Å². The number of methoxy groups -OCH3 is 1. The van der Waals surface area contributed by atoms with Crippen LogP contribution in [0.1, 0.15) is 17.1 Å². The predicted molar refractivity (Wildman–Crippen MR) is 79.0 cm³/mol. The zero-order chi connectivity index (χ0) is 14.2. The molecule has 0 bridgehead atoms. The summed E-state index contributed by atoms with van der Waals surface area (Å²) < 4.78 is 10.8. The lowest BCUT2D eigenvalue weighted by Crippen LogP contribution is -2.20. The number of nitrogens with one attached hydrogen (secondary N) is 1. The van der Waals surface area contributed by atoms with Gasteiger partial charge in [-0.15, -0.1) is 11.3 Å². The number of hydrogen-bond acceptors (Lipinski definition) is 6. The van der Waals surface area contributed by atoms with E-state index < -0.39 is 0 Å². The molecule has 6 heteroatoms. The molecule has 1 N–H and O–H groups in total. The van der Waals surface area contributed by atoms with Crippen molar-refractivity contribution in [3.05, 3.63) is 40.1 Å². The van der Waals surface area contributed by atoms with Crippen molar-refractivity contribution < 1.29 is 9.47 Å². The summed E-state index contributed by atoms with van der Waals surface area (Å²) in [6.07, 6.45) is 0. The summed E-state index contributed by atoms with van der Waals surface area (Å²) in [5.74, 6) is 0.800. The van der Waals surface area contributed by atoms with Crippen LogP contribution in [0, 0.1) is 6.92 Å². The molecule has 2 rings (SSSR count). The summed E-state index contributed by atoms with van der Waals surface area (Å²) in [6.45, 7) is 4.58. The third-order valence-corrected chi connectivity index (χ3v) is 3.34. The average Bonchev–Trinajstić information content (AvgIpc) is 2.96. The van der Waals surface area contributed by atoms with Gasteiger partial charge in [0.05, 0.1) is 23.5 Å². The van der Waals surface area contributed by atoms with E-state index in [1.807, 2.05) is 24.4 Å². The lowest BCUT2D eigenvalue weighted by molar-refractivity contribution is 0.198. The molecule has 0 aliphatic heterocycles. The Hall–Kier alpha value is -1.50. The Labute approximate surface area is 123 Å². The van der Waals surface area contributed by atoms with Gasteiger partial charge in [-0.25, -0.2) is 4.98 Å². The summed E-state index contributed by atoms with van der Waals surface area (Å²) in [7, 11) is 1.69. The molecule has 0 aromatic carbocycles. The second kappa shape index (κ2) is 7.94. The number of hydrogen-bond donors (Lipinski definition) is 1. The van der Waals surface area contributed by atoms with Gasteiger partial charge in [0.25, 0.3) is 0 Å². The Kier molecular flexibility index (Phi) is 5.91. The fraction of sp³-hybridized carbons (Fsp3) is 0.429. The van der Waals surface area contributed by atoms with Gasteiger partial charge in [-0.2, -0.15) is 0 Å². The number of aryl methyl sites for hydroxylation is 1. The number of nitrogens with zero attached hydrogens (tertiary/aromatic N) is 2. The molecule has 0 spiro atoms. The number of pyridine rings is 1. The molecule has 2 aromatic heterocycles. The van der Waals surface area contributed by atoms with E-state index in [2.05, 4.69) is 15.3 Å². The normalized spacial score (nSPS) is 10.7. The van der Waals surface area contributed by atoms with E-state index in [9.17, 15) is 0 Å². The first-order valence-electron chi connectivity index (χ1n) is 6.45. The average molecular weight is 293 g/mol. The molecule has 0 fully saturated rings. The molecule has 0 amide bonds. The second-order valence-electron chi connectivity index (χ2n) is 4.34. The van der Waals surface area contributed by atoms with Crippen molar-refractivity contribution in [1.82, 2.24) is 15.3 Å². The van der Waals surface area contributed by atoms with E-state index in [1.165, 1.54) is 0 Å². The Morgan fingerprint density at radius 1 is 1.35 bits per heavy atom. The fourth-order valence-corrected chi connectivity index (χ4v) is 2.24. The molecule has 0 saturated heterocycles. The van der Waals surface area contributed by atoms with Gasteiger partial charge in [0.15, 0.2) is 0 Å². The highest BCUT2D eigenvalue weighted by Crippen LogP contribution is 2.18. The first-order chi connectivity index (χ1) is 9.79. The summed E-state index contributed by atoms with van der Waals surface area (Å²) in [5, 5.41) is 5.27. The van der Waals surface area contributed by atoms with Crippen LogP contribution in [0.15, 0.2) is 23.0 Å². The van der Waals surface area contributed by atoms with E-state index in [4.69, 9.17) is 9.47 Å². The Balaban J connectivity index is 1.95. The minimum absolute atomic E-state index is 0.472. The van der Waals surface area contributed by atoms with Crippen molar-refractivity contribution in [1.29, 1.82) is 0 Å². The van der Waals surface area contributed by atoms with E-state index >= 15 is 0 Å². The molecule has 0 saturated carbocycles. The Morgan fingerprint density at radius 3 is 3.00 bits per heavy atom. The Bertz CT molecular complexity index is 517. The first-order valence-corrected chi connectivity index (χ1v) is 7.40. The maximum Gasteiger partial charge on any atom is 0.142 e. The van der Waals surface area contributed by atoms with E-state index in [-0.39, 0.29) is 0 Å².